The molecule has 0 aliphatic carbocycles. The summed E-state index contributed by atoms with van der Waals surface area (Å²) in [7, 11) is 3.77. The molecule has 0 spiro atoms. The summed E-state index contributed by atoms with van der Waals surface area (Å²) in [5.41, 5.74) is 0. The first-order chi connectivity index (χ1) is 42.9. The van der Waals surface area contributed by atoms with Crippen LogP contribution in [0.1, 0.15) is 27.7 Å². The van der Waals surface area contributed by atoms with Gasteiger partial charge >= 0.3 is 0 Å². The topological polar surface area (TPSA) is 613 Å². The van der Waals surface area contributed by atoms with Crippen molar-refractivity contribution in [1.29, 1.82) is 0 Å². The van der Waals surface area contributed by atoms with E-state index in [2.05, 4.69) is 0 Å². The fraction of sp³-hybridized carbons (Fsp3) is 1.00. The van der Waals surface area contributed by atoms with Crippen LogP contribution in [0.4, 0.5) is 0 Å². The largest absolute Gasteiger partial charge is 0.394 e. The van der Waals surface area contributed by atoms with Gasteiger partial charge in [0.25, 0.3) is 0 Å². The molecule has 8 rings (SSSR count). The van der Waals surface area contributed by atoms with Gasteiger partial charge in [-0.1, -0.05) is 6.92 Å². The van der Waals surface area contributed by atoms with Crippen LogP contribution < -0.4 is 0 Å². The first kappa shape index (κ1) is 78.4. The molecule has 536 valence electrons. The van der Waals surface area contributed by atoms with Crippen LogP contribution in [0, 0.1) is 5.92 Å². The molecule has 39 nitrogen and oxygen atoms in total. The van der Waals surface area contributed by atoms with Gasteiger partial charge in [-0.15, -0.1) is 0 Å². The Hall–Kier alpha value is -1.56. The van der Waals surface area contributed by atoms with Crippen LogP contribution in [0.25, 0.3) is 0 Å². The molecule has 8 heterocycles. The van der Waals surface area contributed by atoms with Crippen LogP contribution in [0.3, 0.4) is 0 Å². The van der Waals surface area contributed by atoms with Crippen LogP contribution in [0.5, 0.6) is 0 Å². The maximum atomic E-state index is 10.9. The van der Waals surface area contributed by atoms with E-state index in [4.69, 9.17) is 80.9 Å². The lowest BCUT2D eigenvalue weighted by molar-refractivity contribution is -0.388. The summed E-state index contributed by atoms with van der Waals surface area (Å²) < 4.78 is 87.5. The molecular formula is C52H94O39. The van der Waals surface area contributed by atoms with Crippen LogP contribution in [-0.2, 0) is 75.8 Å². The van der Waals surface area contributed by atoms with Crippen LogP contribution in [0.15, 0.2) is 0 Å². The molecule has 8 fully saturated rings. The van der Waals surface area contributed by atoms with E-state index in [9.17, 15) is 112 Å². The zero-order valence-corrected chi connectivity index (χ0v) is 50.4. The molecule has 23 N–H and O–H groups in total. The van der Waals surface area contributed by atoms with Crippen molar-refractivity contribution in [2.24, 2.45) is 5.92 Å². The maximum Gasteiger partial charge on any atom is 0.187 e. The Morgan fingerprint density at radius 3 is 0.780 bits per heavy atom. The van der Waals surface area contributed by atoms with Gasteiger partial charge in [0.05, 0.1) is 57.5 Å². The molecule has 8 saturated heterocycles. The number of methoxy groups -OCH3 is 3. The molecule has 0 radical (unpaired) electrons. The van der Waals surface area contributed by atoms with Crippen LogP contribution in [-0.4, -0.2) is 411 Å². The van der Waals surface area contributed by atoms with Crippen molar-refractivity contribution in [3.05, 3.63) is 0 Å². The fourth-order valence-corrected chi connectivity index (χ4v) is 11.2. The van der Waals surface area contributed by atoms with Gasteiger partial charge < -0.3 is 193 Å². The Balaban J connectivity index is 0.000000222. The van der Waals surface area contributed by atoms with E-state index in [1.54, 1.807) is 0 Å². The minimum atomic E-state index is -1.81. The molecule has 8 aliphatic heterocycles. The quantitative estimate of drug-likeness (QED) is 0.0606. The summed E-state index contributed by atoms with van der Waals surface area (Å²) in [5, 5.41) is 230. The third kappa shape index (κ3) is 17.5. The summed E-state index contributed by atoms with van der Waals surface area (Å²) in [6.45, 7) is 2.75. The van der Waals surface area contributed by atoms with Crippen molar-refractivity contribution >= 4 is 0 Å². The summed E-state index contributed by atoms with van der Waals surface area (Å²) in [6, 6.07) is 0. The third-order valence-electron chi connectivity index (χ3n) is 17.0. The average molecular weight is 1340 g/mol. The molecule has 0 bridgehead atoms. The van der Waals surface area contributed by atoms with Gasteiger partial charge in [-0.2, -0.15) is 0 Å². The molecule has 39 heteroatoms. The molecular weight excluding hydrogens is 1250 g/mol. The summed E-state index contributed by atoms with van der Waals surface area (Å²) in [5.74, 6) is -0.810. The predicted molar refractivity (Wildman–Crippen MR) is 284 cm³/mol. The molecule has 0 aromatic heterocycles. The number of aliphatic hydroxyl groups is 23. The summed E-state index contributed by atoms with van der Waals surface area (Å²) >= 11 is 0. The molecule has 0 amide bonds. The van der Waals surface area contributed by atoms with Crippen LogP contribution in [0.2, 0.25) is 0 Å². The monoisotopic (exact) mass is 1340 g/mol. The van der Waals surface area contributed by atoms with Crippen molar-refractivity contribution < 1.29 is 193 Å². The first-order valence-corrected chi connectivity index (χ1v) is 29.3. The highest BCUT2D eigenvalue weighted by molar-refractivity contribution is 4.99. The lowest BCUT2D eigenvalue weighted by atomic mass is 9.92. The normalized spacial score (nSPS) is 52.3. The van der Waals surface area contributed by atoms with Crippen molar-refractivity contribution in [3.63, 3.8) is 0 Å². The zero-order chi connectivity index (χ0) is 67.9. The molecule has 8 aliphatic rings. The van der Waals surface area contributed by atoms with Gasteiger partial charge in [0.2, 0.25) is 0 Å². The van der Waals surface area contributed by atoms with E-state index < -0.39 is 278 Å². The number of rotatable bonds is 18. The SMILES string of the molecule is CO[C@@H]1OC(CO)[C@H](O)[C@H](O)C1O[C@@H]1OC(C)[C@@H](O)C(O)[C@@H]1O.CO[C@@H]1OC(CO)[C@H](O)[C@H](O[C@H]2OC(CO)[C@H](O)[C@H](O)C2C)C1O[C@@H]1OC(C)[C@@H](O)C(O)[C@@H]1O.CO[C@@H]1OC(CO)[C@H](O)[C@H](O[C@H]2OC(CO)[C@H](O)[C@H](O)C2O)C1O[C@@H]1OC(C)[C@@H](O)C(O)[C@@H]1O. The van der Waals surface area contributed by atoms with Crippen molar-refractivity contribution in [3.8, 4) is 0 Å². The number of hydrogen-bond donors (Lipinski definition) is 23. The van der Waals surface area contributed by atoms with E-state index in [-0.39, 0.29) is 0 Å². The number of aliphatic hydroxyl groups excluding tert-OH is 23. The van der Waals surface area contributed by atoms with Gasteiger partial charge in [-0.05, 0) is 20.8 Å². The Labute approximate surface area is 519 Å². The molecule has 0 aromatic rings. The fourth-order valence-electron chi connectivity index (χ4n) is 11.2. The van der Waals surface area contributed by atoms with E-state index in [0.717, 1.165) is 0 Å². The second-order valence-corrected chi connectivity index (χ2v) is 23.2. The summed E-state index contributed by atoms with van der Waals surface area (Å²) in [6.07, 6.45) is -54.2. The lowest BCUT2D eigenvalue weighted by Gasteiger charge is -2.49. The number of ether oxygens (including phenoxy) is 16. The molecule has 0 aromatic carbocycles. The lowest BCUT2D eigenvalue weighted by Crippen LogP contribution is -2.66. The van der Waals surface area contributed by atoms with Gasteiger partial charge in [0.15, 0.2) is 50.3 Å². The molecule has 0 saturated carbocycles. The second-order valence-electron chi connectivity index (χ2n) is 23.2. The summed E-state index contributed by atoms with van der Waals surface area (Å²) in [4.78, 5) is 0. The minimum absolute atomic E-state index is 0.532. The average Bonchev–Trinajstić information content (AvgIpc) is 0.851. The van der Waals surface area contributed by atoms with Gasteiger partial charge in [-0.3, -0.25) is 0 Å². The van der Waals surface area contributed by atoms with E-state index in [1.165, 1.54) is 49.0 Å². The van der Waals surface area contributed by atoms with Crippen molar-refractivity contribution in [2.45, 2.75) is 267 Å². The van der Waals surface area contributed by atoms with Gasteiger partial charge in [-0.25, -0.2) is 0 Å². The maximum absolute atomic E-state index is 10.9. The Bertz CT molecular complexity index is 1990. The molecule has 40 atom stereocenters. The van der Waals surface area contributed by atoms with Crippen molar-refractivity contribution in [2.75, 3.05) is 54.4 Å². The Kier molecular flexibility index (Phi) is 30.0. The Morgan fingerprint density at radius 2 is 0.451 bits per heavy atom. The molecule has 16 unspecified atom stereocenters. The van der Waals surface area contributed by atoms with E-state index in [0.29, 0.717) is 0 Å². The minimum Gasteiger partial charge on any atom is -0.394 e. The van der Waals surface area contributed by atoms with Crippen molar-refractivity contribution in [1.82, 2.24) is 0 Å². The second kappa shape index (κ2) is 34.8. The highest BCUT2D eigenvalue weighted by Gasteiger charge is 2.57. The Morgan fingerprint density at radius 1 is 0.220 bits per heavy atom. The predicted octanol–water partition coefficient (Wildman–Crippen LogP) is -14.2. The highest BCUT2D eigenvalue weighted by atomic mass is 16.8. The van der Waals surface area contributed by atoms with E-state index >= 15 is 0 Å². The van der Waals surface area contributed by atoms with Crippen LogP contribution >= 0.6 is 0 Å². The smallest absolute Gasteiger partial charge is 0.187 e. The van der Waals surface area contributed by atoms with Gasteiger partial charge in [0.1, 0.15) is 165 Å². The zero-order valence-electron chi connectivity index (χ0n) is 50.4. The first-order valence-electron chi connectivity index (χ1n) is 29.3. The molecule has 91 heavy (non-hydrogen) atoms. The van der Waals surface area contributed by atoms with Gasteiger partial charge in [0, 0.05) is 27.2 Å². The third-order valence-corrected chi connectivity index (χ3v) is 17.0. The highest BCUT2D eigenvalue weighted by Crippen LogP contribution is 2.38. The standard InChI is InChI=1S/C20H36O14.C19H34O15.C13H24O10/c1-6-10(23)12(25)8(4-21)31-18(6)33-16-13(26)9(5-22)32-20(29-3)17(16)34-19-15(28)14(27)11(24)7(2)30-19;1-5-8(22)11(25)13(27)17(30-5)34-16-15(10(24)7(4-21)32-19(16)29-2)33-18-14(28)12(26)9(23)6(3-20)31-18;1-4-6(15)8(17)10(19)12(21-4)23-11-9(18)7(16)5(3-14)22-13(11)20-2/h6-28H,4-5H2,1-3H3;5-28H,3-4H2,1-2H3;4-19H,3H2,1-2H3/t6?,7?,8?,9?,10-,11-,12+,13+,14?,15+,16+,17?,18-,19+,20-;5?,6?,7?,8-,9+,10+,11?,12+,13+,14?,15+,16?,17+,18-,19-;4?,5?,6-,7+,8?,9+,10+,11?,12+,13-/m111/s1. The van der Waals surface area contributed by atoms with E-state index in [1.807, 2.05) is 0 Å². The number of hydrogen-bond acceptors (Lipinski definition) is 39.